The molecule has 0 spiro atoms. The molecule has 0 bridgehead atoms. The van der Waals surface area contributed by atoms with E-state index in [1.54, 1.807) is 0 Å². The Bertz CT molecular complexity index is 236. The molecule has 2 nitrogen and oxygen atoms in total. The molecule has 0 fully saturated rings. The van der Waals surface area contributed by atoms with E-state index in [9.17, 15) is 4.79 Å². The van der Waals surface area contributed by atoms with Gasteiger partial charge in [-0.05, 0) is 11.3 Å². The van der Waals surface area contributed by atoms with Crippen molar-refractivity contribution < 1.29 is 9.90 Å². The van der Waals surface area contributed by atoms with Crippen LogP contribution in [0.25, 0.3) is 0 Å². The zero-order valence-corrected chi connectivity index (χ0v) is 7.45. The molecule has 0 saturated carbocycles. The van der Waals surface area contributed by atoms with Gasteiger partial charge in [0.2, 0.25) is 0 Å². The van der Waals surface area contributed by atoms with Crippen molar-refractivity contribution in [1.29, 1.82) is 0 Å². The highest BCUT2D eigenvalue weighted by Crippen LogP contribution is 2.34. The van der Waals surface area contributed by atoms with Gasteiger partial charge in [0, 0.05) is 0 Å². The van der Waals surface area contributed by atoms with E-state index in [2.05, 4.69) is 19.9 Å². The molecular formula is C10H14O2. The first-order valence-electron chi connectivity index (χ1n) is 4.10. The molecule has 1 rings (SSSR count). The summed E-state index contributed by atoms with van der Waals surface area (Å²) in [5, 5.41) is 8.64. The van der Waals surface area contributed by atoms with Crippen LogP contribution in [-0.4, -0.2) is 11.1 Å². The minimum atomic E-state index is -0.729. The van der Waals surface area contributed by atoms with Crippen molar-refractivity contribution in [2.75, 3.05) is 0 Å². The van der Waals surface area contributed by atoms with Crippen molar-refractivity contribution >= 4 is 5.97 Å². The van der Waals surface area contributed by atoms with E-state index in [0.29, 0.717) is 0 Å². The predicted octanol–water partition coefficient (Wildman–Crippen LogP) is 2.23. The Morgan fingerprint density at radius 1 is 1.50 bits per heavy atom. The van der Waals surface area contributed by atoms with E-state index in [1.807, 2.05) is 18.2 Å². The zero-order chi connectivity index (χ0) is 9.19. The van der Waals surface area contributed by atoms with Crippen LogP contribution < -0.4 is 0 Å². The molecule has 12 heavy (non-hydrogen) atoms. The summed E-state index contributed by atoms with van der Waals surface area (Å²) in [5.41, 5.74) is -0.0207. The molecule has 0 heterocycles. The molecule has 0 radical (unpaired) electrons. The van der Waals surface area contributed by atoms with Crippen LogP contribution in [0.3, 0.4) is 0 Å². The fraction of sp³-hybridized carbons (Fsp3) is 0.500. The second-order valence-corrected chi connectivity index (χ2v) is 3.77. The Kier molecular flexibility index (Phi) is 2.36. The highest BCUT2D eigenvalue weighted by molar-refractivity contribution is 5.67. The number of hydrogen-bond acceptors (Lipinski definition) is 1. The van der Waals surface area contributed by atoms with Crippen LogP contribution in [0.1, 0.15) is 20.3 Å². The minimum absolute atomic E-state index is 0.0207. The number of allylic oxidation sites excluding steroid dienone is 4. The Balaban J connectivity index is 2.70. The molecular weight excluding hydrogens is 152 g/mol. The van der Waals surface area contributed by atoms with Crippen LogP contribution >= 0.6 is 0 Å². The van der Waals surface area contributed by atoms with Gasteiger partial charge in [-0.1, -0.05) is 38.2 Å². The first-order valence-corrected chi connectivity index (χ1v) is 4.10. The third kappa shape index (κ3) is 1.97. The van der Waals surface area contributed by atoms with E-state index in [4.69, 9.17) is 5.11 Å². The summed E-state index contributed by atoms with van der Waals surface area (Å²) in [6.07, 6.45) is 8.12. The molecule has 0 saturated heterocycles. The lowest BCUT2D eigenvalue weighted by atomic mass is 9.74. The van der Waals surface area contributed by atoms with E-state index in [-0.39, 0.29) is 17.8 Å². The lowest BCUT2D eigenvalue weighted by Gasteiger charge is -2.30. The quantitative estimate of drug-likeness (QED) is 0.683. The molecule has 1 N–H and O–H groups in total. The van der Waals surface area contributed by atoms with Crippen molar-refractivity contribution in [3.63, 3.8) is 0 Å². The van der Waals surface area contributed by atoms with Gasteiger partial charge in [-0.15, -0.1) is 0 Å². The summed E-state index contributed by atoms with van der Waals surface area (Å²) in [7, 11) is 0. The maximum absolute atomic E-state index is 10.5. The second-order valence-electron chi connectivity index (χ2n) is 3.77. The smallest absolute Gasteiger partial charge is 0.303 e. The minimum Gasteiger partial charge on any atom is -0.481 e. The van der Waals surface area contributed by atoms with Gasteiger partial charge in [-0.25, -0.2) is 0 Å². The van der Waals surface area contributed by atoms with Gasteiger partial charge in [-0.2, -0.15) is 0 Å². The molecule has 1 unspecified atom stereocenters. The largest absolute Gasteiger partial charge is 0.481 e. The number of rotatable bonds is 2. The Hall–Kier alpha value is -1.05. The van der Waals surface area contributed by atoms with Gasteiger partial charge in [0.05, 0.1) is 6.42 Å². The molecule has 0 aromatic rings. The number of carboxylic acid groups (broad SMARTS) is 1. The summed E-state index contributed by atoms with van der Waals surface area (Å²) >= 11 is 0. The normalized spacial score (nSPS) is 25.7. The van der Waals surface area contributed by atoms with Gasteiger partial charge in [0.1, 0.15) is 0 Å². The van der Waals surface area contributed by atoms with Crippen LogP contribution in [0, 0.1) is 11.3 Å². The fourth-order valence-electron chi connectivity index (χ4n) is 1.39. The molecule has 2 heteroatoms. The molecule has 0 amide bonds. The third-order valence-corrected chi connectivity index (χ3v) is 2.33. The average Bonchev–Trinajstić information content (AvgIpc) is 1.92. The summed E-state index contributed by atoms with van der Waals surface area (Å²) in [4.78, 5) is 10.5. The molecule has 0 aromatic carbocycles. The Morgan fingerprint density at radius 2 is 2.17 bits per heavy atom. The fourth-order valence-corrected chi connectivity index (χ4v) is 1.39. The molecule has 1 aliphatic rings. The number of aliphatic carboxylic acids is 1. The molecule has 1 atom stereocenters. The molecule has 0 aliphatic heterocycles. The first kappa shape index (κ1) is 9.04. The monoisotopic (exact) mass is 166 g/mol. The predicted molar refractivity (Wildman–Crippen MR) is 47.8 cm³/mol. The van der Waals surface area contributed by atoms with E-state index in [1.165, 1.54) is 0 Å². The van der Waals surface area contributed by atoms with E-state index >= 15 is 0 Å². The van der Waals surface area contributed by atoms with Gasteiger partial charge < -0.3 is 5.11 Å². The number of carboxylic acids is 1. The highest BCUT2D eigenvalue weighted by Gasteiger charge is 2.27. The lowest BCUT2D eigenvalue weighted by molar-refractivity contribution is -0.138. The SMILES string of the molecule is CC1(C)C=CC=CC1CC(=O)O. The van der Waals surface area contributed by atoms with Crippen LogP contribution in [0.2, 0.25) is 0 Å². The summed E-state index contributed by atoms with van der Waals surface area (Å²) in [6.45, 7) is 4.11. The molecule has 0 aromatic heterocycles. The van der Waals surface area contributed by atoms with Crippen molar-refractivity contribution in [1.82, 2.24) is 0 Å². The van der Waals surface area contributed by atoms with Gasteiger partial charge in [-0.3, -0.25) is 4.79 Å². The van der Waals surface area contributed by atoms with Crippen LogP contribution in [0.5, 0.6) is 0 Å². The van der Waals surface area contributed by atoms with E-state index in [0.717, 1.165) is 0 Å². The topological polar surface area (TPSA) is 37.3 Å². The second kappa shape index (κ2) is 3.13. The third-order valence-electron chi connectivity index (χ3n) is 2.33. The van der Waals surface area contributed by atoms with E-state index < -0.39 is 5.97 Å². The van der Waals surface area contributed by atoms with Crippen molar-refractivity contribution in [2.45, 2.75) is 20.3 Å². The maximum atomic E-state index is 10.5. The Morgan fingerprint density at radius 3 is 2.67 bits per heavy atom. The summed E-state index contributed by atoms with van der Waals surface area (Å²) in [5.74, 6) is -0.604. The van der Waals surface area contributed by atoms with Gasteiger partial charge >= 0.3 is 5.97 Å². The first-order chi connectivity index (χ1) is 5.52. The van der Waals surface area contributed by atoms with Gasteiger partial charge in [0.25, 0.3) is 0 Å². The maximum Gasteiger partial charge on any atom is 0.303 e. The average molecular weight is 166 g/mol. The van der Waals surface area contributed by atoms with Crippen molar-refractivity contribution in [3.8, 4) is 0 Å². The molecule has 66 valence electrons. The summed E-state index contributed by atoms with van der Waals surface area (Å²) < 4.78 is 0. The van der Waals surface area contributed by atoms with Crippen molar-refractivity contribution in [3.05, 3.63) is 24.3 Å². The summed E-state index contributed by atoms with van der Waals surface area (Å²) in [6, 6.07) is 0. The number of carbonyl (C=O) groups is 1. The highest BCUT2D eigenvalue weighted by atomic mass is 16.4. The van der Waals surface area contributed by atoms with Crippen molar-refractivity contribution in [2.24, 2.45) is 11.3 Å². The number of hydrogen-bond donors (Lipinski definition) is 1. The molecule has 1 aliphatic carbocycles. The lowest BCUT2D eigenvalue weighted by Crippen LogP contribution is -2.24. The van der Waals surface area contributed by atoms with Crippen LogP contribution in [0.4, 0.5) is 0 Å². The Labute approximate surface area is 72.6 Å². The zero-order valence-electron chi connectivity index (χ0n) is 7.45. The van der Waals surface area contributed by atoms with Crippen LogP contribution in [0.15, 0.2) is 24.3 Å². The standard InChI is InChI=1S/C10H14O2/c1-10(2)6-4-3-5-8(10)7-9(11)12/h3-6,8H,7H2,1-2H3,(H,11,12). The van der Waals surface area contributed by atoms with Gasteiger partial charge in [0.15, 0.2) is 0 Å². The van der Waals surface area contributed by atoms with Crippen LogP contribution in [-0.2, 0) is 4.79 Å².